The van der Waals surface area contributed by atoms with Crippen molar-refractivity contribution >= 4 is 56.0 Å². The number of hydrogen-bond donors (Lipinski definition) is 0. The number of aromatic nitrogens is 1. The van der Waals surface area contributed by atoms with Crippen LogP contribution in [0.4, 0.5) is 19.1 Å². The lowest BCUT2D eigenvalue weighted by molar-refractivity contribution is -0.140. The Morgan fingerprint density at radius 3 is 2.61 bits per heavy atom. The van der Waals surface area contributed by atoms with Gasteiger partial charge in [-0.1, -0.05) is 41.7 Å². The van der Waals surface area contributed by atoms with E-state index < -0.39 is 35.0 Å². The number of anilines is 1. The molecule has 0 saturated carbocycles. The highest BCUT2D eigenvalue weighted by atomic mass is 79.9. The average molecular weight is 650 g/mol. The summed E-state index contributed by atoms with van der Waals surface area (Å²) in [4.78, 5) is 32.5. The van der Waals surface area contributed by atoms with Crippen LogP contribution in [0.1, 0.15) is 24.3 Å². The monoisotopic (exact) mass is 649 g/mol. The first kappa shape index (κ1) is 28.7. The molecule has 2 aromatic carbocycles. The first-order chi connectivity index (χ1) is 19.5. The Kier molecular flexibility index (Phi) is 7.60. The van der Waals surface area contributed by atoms with Gasteiger partial charge in [-0.05, 0) is 39.7 Å². The minimum absolute atomic E-state index is 0.0612. The van der Waals surface area contributed by atoms with E-state index in [1.54, 1.807) is 61.5 Å². The number of rotatable bonds is 6. The minimum Gasteiger partial charge on any atom is -0.496 e. The lowest BCUT2D eigenvalue weighted by atomic mass is 9.90. The van der Waals surface area contributed by atoms with E-state index in [1.807, 2.05) is 0 Å². The van der Waals surface area contributed by atoms with E-state index in [9.17, 15) is 22.8 Å². The first-order valence-corrected chi connectivity index (χ1v) is 13.9. The highest BCUT2D eigenvalue weighted by Crippen LogP contribution is 2.43. The predicted octanol–water partition coefficient (Wildman–Crippen LogP) is 4.92. The summed E-state index contributed by atoms with van der Waals surface area (Å²) in [6.45, 7) is 1.30. The molecule has 0 amide bonds. The summed E-state index contributed by atoms with van der Waals surface area (Å²) in [6.07, 6.45) is -3.60. The number of ether oxygens (including phenoxy) is 2. The SMILES string of the molecule is CCOC(=O)C1=C(C(F)(F)F)N=c2s/c(=C/c3cc(Br)c(N(C)C)o3)c(=O)n2[C@@H]1c1c(OC)ccc2ccccc12. The van der Waals surface area contributed by atoms with Crippen LogP contribution in [0.3, 0.4) is 0 Å². The molecule has 0 bridgehead atoms. The molecule has 214 valence electrons. The summed E-state index contributed by atoms with van der Waals surface area (Å²) in [5.41, 5.74) is -2.69. The van der Waals surface area contributed by atoms with Gasteiger partial charge in [-0.3, -0.25) is 9.36 Å². The number of carbonyl (C=O) groups excluding carboxylic acids is 1. The number of methoxy groups -OCH3 is 1. The molecule has 4 aromatic rings. The maximum atomic E-state index is 14.5. The third-order valence-corrected chi connectivity index (χ3v) is 7.94. The molecule has 0 fully saturated rings. The van der Waals surface area contributed by atoms with Crippen molar-refractivity contribution in [2.45, 2.75) is 19.1 Å². The molecule has 1 atom stereocenters. The normalized spacial score (nSPS) is 15.6. The lowest BCUT2D eigenvalue weighted by Crippen LogP contribution is -2.41. The summed E-state index contributed by atoms with van der Waals surface area (Å²) >= 11 is 4.16. The van der Waals surface area contributed by atoms with Gasteiger partial charge in [-0.25, -0.2) is 9.79 Å². The van der Waals surface area contributed by atoms with Crippen molar-refractivity contribution in [3.8, 4) is 5.75 Å². The number of nitrogens with zero attached hydrogens (tertiary/aromatic N) is 3. The molecule has 0 aliphatic carbocycles. The number of fused-ring (bicyclic) bond motifs is 2. The number of halogens is 4. The Bertz CT molecular complexity index is 1890. The van der Waals surface area contributed by atoms with Gasteiger partial charge in [0.05, 0.1) is 28.3 Å². The number of hydrogen-bond acceptors (Lipinski definition) is 8. The summed E-state index contributed by atoms with van der Waals surface area (Å²) in [5, 5.41) is 1.18. The minimum atomic E-state index is -5.03. The lowest BCUT2D eigenvalue weighted by Gasteiger charge is -2.28. The summed E-state index contributed by atoms with van der Waals surface area (Å²) in [6, 6.07) is 10.4. The topological polar surface area (TPSA) is 86.3 Å². The highest BCUT2D eigenvalue weighted by molar-refractivity contribution is 9.10. The van der Waals surface area contributed by atoms with Gasteiger partial charge in [0.25, 0.3) is 5.56 Å². The Balaban J connectivity index is 1.90. The maximum absolute atomic E-state index is 14.5. The van der Waals surface area contributed by atoms with Crippen molar-refractivity contribution in [1.29, 1.82) is 0 Å². The van der Waals surface area contributed by atoms with Gasteiger partial charge < -0.3 is 18.8 Å². The third-order valence-electron chi connectivity index (χ3n) is 6.39. The molecule has 2 aromatic heterocycles. The van der Waals surface area contributed by atoms with Gasteiger partial charge in [0.15, 0.2) is 10.5 Å². The van der Waals surface area contributed by atoms with E-state index in [4.69, 9.17) is 13.9 Å². The fourth-order valence-corrected chi connectivity index (χ4v) is 6.37. The number of thiazole rings is 1. The third kappa shape index (κ3) is 5.08. The quantitative estimate of drug-likeness (QED) is 0.276. The van der Waals surface area contributed by atoms with Crippen LogP contribution in [0, 0.1) is 0 Å². The number of benzene rings is 2. The molecule has 0 spiro atoms. The molecule has 0 saturated heterocycles. The Hall–Kier alpha value is -3.84. The zero-order valence-corrected chi connectivity index (χ0v) is 24.6. The molecule has 13 heteroatoms. The van der Waals surface area contributed by atoms with E-state index in [0.717, 1.165) is 15.9 Å². The first-order valence-electron chi connectivity index (χ1n) is 12.3. The summed E-state index contributed by atoms with van der Waals surface area (Å²) in [5.74, 6) is -0.250. The van der Waals surface area contributed by atoms with Gasteiger partial charge in [0.1, 0.15) is 17.6 Å². The number of furan rings is 1. The van der Waals surface area contributed by atoms with Crippen LogP contribution in [-0.4, -0.2) is 44.5 Å². The van der Waals surface area contributed by atoms with Crippen LogP contribution in [0.15, 0.2) is 72.4 Å². The number of allylic oxidation sites excluding steroid dienone is 1. The van der Waals surface area contributed by atoms with Gasteiger partial charge in [0.2, 0.25) is 5.88 Å². The molecular weight excluding hydrogens is 627 g/mol. The molecule has 41 heavy (non-hydrogen) atoms. The zero-order chi connectivity index (χ0) is 29.6. The van der Waals surface area contributed by atoms with Crippen molar-refractivity contribution in [3.63, 3.8) is 0 Å². The molecule has 5 rings (SSSR count). The van der Waals surface area contributed by atoms with Crippen LogP contribution in [0.2, 0.25) is 0 Å². The molecule has 1 aliphatic heterocycles. The van der Waals surface area contributed by atoms with Gasteiger partial charge >= 0.3 is 12.1 Å². The van der Waals surface area contributed by atoms with Gasteiger partial charge in [0, 0.05) is 31.8 Å². The molecule has 8 nitrogen and oxygen atoms in total. The van der Waals surface area contributed by atoms with E-state index in [2.05, 4.69) is 20.9 Å². The second kappa shape index (κ2) is 10.9. The molecule has 0 N–H and O–H groups in total. The Morgan fingerprint density at radius 2 is 1.98 bits per heavy atom. The number of esters is 1. The summed E-state index contributed by atoms with van der Waals surface area (Å²) < 4.78 is 61.9. The van der Waals surface area contributed by atoms with Crippen molar-refractivity contribution in [1.82, 2.24) is 4.57 Å². The molecule has 0 unspecified atom stereocenters. The number of alkyl halides is 3. The second-order valence-electron chi connectivity index (χ2n) is 9.16. The Morgan fingerprint density at radius 1 is 1.24 bits per heavy atom. The second-order valence-corrected chi connectivity index (χ2v) is 11.0. The van der Waals surface area contributed by atoms with Crippen molar-refractivity contribution in [2.75, 3.05) is 32.7 Å². The van der Waals surface area contributed by atoms with Crippen molar-refractivity contribution in [2.24, 2.45) is 4.99 Å². The van der Waals surface area contributed by atoms with Crippen LogP contribution in [0.25, 0.3) is 16.8 Å². The van der Waals surface area contributed by atoms with Crippen LogP contribution >= 0.6 is 27.3 Å². The van der Waals surface area contributed by atoms with Crippen molar-refractivity contribution in [3.05, 3.63) is 89.2 Å². The maximum Gasteiger partial charge on any atom is 0.434 e. The fourth-order valence-electron chi connectivity index (χ4n) is 4.73. The smallest absolute Gasteiger partial charge is 0.434 e. The standard InChI is InChI=1S/C28H23BrF3N3O5S/c1-5-39-26(37)21-22(20-16-9-7-6-8-14(16)10-11-18(20)38-4)35-24(36)19(41-27(35)33-23(21)28(30,31)32)13-15-12-17(29)25(40-15)34(2)3/h6-13,22H,5H2,1-4H3/b19-13+/t22-/m1/s1. The van der Waals surface area contributed by atoms with Crippen molar-refractivity contribution < 1.29 is 31.9 Å². The van der Waals surface area contributed by atoms with Crippen LogP contribution in [0.5, 0.6) is 5.75 Å². The summed E-state index contributed by atoms with van der Waals surface area (Å²) in [7, 11) is 4.91. The fraction of sp³-hybridized carbons (Fsp3) is 0.250. The van der Waals surface area contributed by atoms with Crippen LogP contribution < -0.4 is 24.5 Å². The van der Waals surface area contributed by atoms with E-state index in [0.29, 0.717) is 26.9 Å². The molecule has 3 heterocycles. The van der Waals surface area contributed by atoms with E-state index in [-0.39, 0.29) is 27.3 Å². The molecule has 0 radical (unpaired) electrons. The average Bonchev–Trinajstić information content (AvgIpc) is 3.45. The highest BCUT2D eigenvalue weighted by Gasteiger charge is 2.46. The molecular formula is C28H23BrF3N3O5S. The molecule has 1 aliphatic rings. The number of carbonyl (C=O) groups is 1. The van der Waals surface area contributed by atoms with E-state index >= 15 is 0 Å². The van der Waals surface area contributed by atoms with E-state index in [1.165, 1.54) is 20.1 Å². The van der Waals surface area contributed by atoms with Crippen LogP contribution in [-0.2, 0) is 9.53 Å². The van der Waals surface area contributed by atoms with Gasteiger partial charge in [-0.15, -0.1) is 0 Å². The predicted molar refractivity (Wildman–Crippen MR) is 152 cm³/mol. The largest absolute Gasteiger partial charge is 0.496 e. The Labute approximate surface area is 243 Å². The zero-order valence-electron chi connectivity index (χ0n) is 22.2. The van der Waals surface area contributed by atoms with Gasteiger partial charge in [-0.2, -0.15) is 13.2 Å².